The van der Waals surface area contributed by atoms with Crippen molar-refractivity contribution in [1.82, 2.24) is 14.9 Å². The minimum atomic E-state index is -0.117. The third-order valence-corrected chi connectivity index (χ3v) is 5.49. The number of amides is 1. The topological polar surface area (TPSA) is 49.3 Å². The molecule has 3 aromatic rings. The molecule has 29 heavy (non-hydrogen) atoms. The molecule has 0 bridgehead atoms. The van der Waals surface area contributed by atoms with Crippen LogP contribution >= 0.6 is 23.2 Å². The van der Waals surface area contributed by atoms with E-state index in [2.05, 4.69) is 0 Å². The van der Waals surface area contributed by atoms with Gasteiger partial charge in [0.1, 0.15) is 5.82 Å². The van der Waals surface area contributed by atoms with Gasteiger partial charge in [-0.1, -0.05) is 53.5 Å². The molecule has 0 spiro atoms. The van der Waals surface area contributed by atoms with Crippen molar-refractivity contribution in [1.29, 1.82) is 0 Å². The fraction of sp³-hybridized carbons (Fsp3) is 0.227. The van der Waals surface area contributed by atoms with E-state index in [4.69, 9.17) is 33.2 Å². The van der Waals surface area contributed by atoms with Gasteiger partial charge in [0.2, 0.25) is 0 Å². The Kier molecular flexibility index (Phi) is 5.43. The summed E-state index contributed by atoms with van der Waals surface area (Å²) in [6.45, 7) is 1.01. The average molecular weight is 427 g/mol. The predicted octanol–water partition coefficient (Wildman–Crippen LogP) is 4.71. The first-order valence-electron chi connectivity index (χ1n) is 9.31. The van der Waals surface area contributed by atoms with Crippen molar-refractivity contribution in [2.24, 2.45) is 0 Å². The molecule has 1 aliphatic rings. The van der Waals surface area contributed by atoms with Crippen LogP contribution in [0.25, 0.3) is 11.4 Å². The normalized spacial score (nSPS) is 13.2. The highest BCUT2D eigenvalue weighted by molar-refractivity contribution is 6.36. The van der Waals surface area contributed by atoms with Gasteiger partial charge in [-0.3, -0.25) is 4.79 Å². The Hall–Kier alpha value is -2.63. The number of hydrogen-bond acceptors (Lipinski definition) is 4. The van der Waals surface area contributed by atoms with Crippen LogP contribution in [0.3, 0.4) is 0 Å². The van der Waals surface area contributed by atoms with E-state index >= 15 is 0 Å². The van der Waals surface area contributed by atoms with Crippen LogP contribution in [-0.4, -0.2) is 41.4 Å². The molecule has 2 heterocycles. The summed E-state index contributed by atoms with van der Waals surface area (Å²) in [6.07, 6.45) is 0.662. The molecule has 0 saturated carbocycles. The van der Waals surface area contributed by atoms with Crippen molar-refractivity contribution in [3.63, 3.8) is 0 Å². The second-order valence-electron chi connectivity index (χ2n) is 7.16. The van der Waals surface area contributed by atoms with Crippen molar-refractivity contribution in [3.8, 4) is 11.4 Å². The first-order chi connectivity index (χ1) is 13.9. The molecule has 1 aromatic heterocycles. The van der Waals surface area contributed by atoms with E-state index in [1.807, 2.05) is 49.3 Å². The summed E-state index contributed by atoms with van der Waals surface area (Å²) in [5.74, 6) is 1.41. The van der Waals surface area contributed by atoms with E-state index in [1.54, 1.807) is 23.1 Å². The van der Waals surface area contributed by atoms with Gasteiger partial charge >= 0.3 is 0 Å². The third kappa shape index (κ3) is 3.93. The second kappa shape index (κ2) is 8.01. The van der Waals surface area contributed by atoms with Gasteiger partial charge in [-0.2, -0.15) is 0 Å². The van der Waals surface area contributed by atoms with Crippen molar-refractivity contribution in [3.05, 3.63) is 75.4 Å². The van der Waals surface area contributed by atoms with Crippen molar-refractivity contribution < 1.29 is 4.79 Å². The van der Waals surface area contributed by atoms with Crippen molar-refractivity contribution in [2.75, 3.05) is 25.5 Å². The Bertz CT molecular complexity index is 1070. The van der Waals surface area contributed by atoms with Gasteiger partial charge in [0.25, 0.3) is 5.91 Å². The van der Waals surface area contributed by atoms with Crippen LogP contribution in [0.5, 0.6) is 0 Å². The first kappa shape index (κ1) is 19.7. The molecule has 5 nitrogen and oxygen atoms in total. The summed E-state index contributed by atoms with van der Waals surface area (Å²) in [4.78, 5) is 26.4. The SMILES string of the molecule is CN(C)c1nc(-c2ccccc2)nc2c1CN(C(=O)c1ccc(Cl)cc1Cl)CC2. The minimum absolute atomic E-state index is 0.117. The van der Waals surface area contributed by atoms with Gasteiger partial charge in [0, 0.05) is 43.2 Å². The molecule has 0 fully saturated rings. The molecular weight excluding hydrogens is 407 g/mol. The molecule has 0 aliphatic carbocycles. The number of rotatable bonds is 3. The molecule has 0 N–H and O–H groups in total. The molecule has 0 radical (unpaired) electrons. The summed E-state index contributed by atoms with van der Waals surface area (Å²) >= 11 is 12.2. The summed E-state index contributed by atoms with van der Waals surface area (Å²) in [5, 5.41) is 0.865. The number of anilines is 1. The zero-order valence-electron chi connectivity index (χ0n) is 16.2. The predicted molar refractivity (Wildman–Crippen MR) is 117 cm³/mol. The number of nitrogens with zero attached hydrogens (tertiary/aromatic N) is 4. The maximum atomic E-state index is 13.1. The lowest BCUT2D eigenvalue weighted by Crippen LogP contribution is -2.37. The van der Waals surface area contributed by atoms with E-state index in [1.165, 1.54) is 0 Å². The Morgan fingerprint density at radius 1 is 1.07 bits per heavy atom. The molecule has 7 heteroatoms. The number of carbonyl (C=O) groups excluding carboxylic acids is 1. The number of fused-ring (bicyclic) bond motifs is 1. The summed E-state index contributed by atoms with van der Waals surface area (Å²) in [7, 11) is 3.91. The molecule has 148 valence electrons. The van der Waals surface area contributed by atoms with Crippen molar-refractivity contribution >= 4 is 34.9 Å². The van der Waals surface area contributed by atoms with Gasteiger partial charge in [0.15, 0.2) is 5.82 Å². The first-order valence-corrected chi connectivity index (χ1v) is 10.1. The maximum Gasteiger partial charge on any atom is 0.255 e. The Morgan fingerprint density at radius 3 is 2.52 bits per heavy atom. The largest absolute Gasteiger partial charge is 0.362 e. The van der Waals surface area contributed by atoms with E-state index < -0.39 is 0 Å². The average Bonchev–Trinajstić information content (AvgIpc) is 2.72. The summed E-state index contributed by atoms with van der Waals surface area (Å²) in [5.41, 5.74) is 3.38. The molecule has 1 amide bonds. The Morgan fingerprint density at radius 2 is 1.83 bits per heavy atom. The number of halogens is 2. The van der Waals surface area contributed by atoms with Crippen molar-refractivity contribution in [2.45, 2.75) is 13.0 Å². The highest BCUT2D eigenvalue weighted by Crippen LogP contribution is 2.30. The van der Waals surface area contributed by atoms with Crippen LogP contribution in [0.1, 0.15) is 21.6 Å². The smallest absolute Gasteiger partial charge is 0.255 e. The third-order valence-electron chi connectivity index (χ3n) is 4.94. The number of benzene rings is 2. The monoisotopic (exact) mass is 426 g/mol. The summed E-state index contributed by atoms with van der Waals surface area (Å²) in [6, 6.07) is 14.9. The van der Waals surface area contributed by atoms with E-state index in [9.17, 15) is 4.79 Å². The van der Waals surface area contributed by atoms with E-state index in [0.717, 1.165) is 22.6 Å². The van der Waals surface area contributed by atoms with Crippen LogP contribution in [0, 0.1) is 0 Å². The molecule has 4 rings (SSSR count). The van der Waals surface area contributed by atoms with Gasteiger partial charge in [0.05, 0.1) is 22.8 Å². The van der Waals surface area contributed by atoms with Gasteiger partial charge in [-0.15, -0.1) is 0 Å². The molecule has 0 unspecified atom stereocenters. The number of hydrogen-bond donors (Lipinski definition) is 0. The lowest BCUT2D eigenvalue weighted by molar-refractivity contribution is 0.0734. The highest BCUT2D eigenvalue weighted by Gasteiger charge is 2.28. The fourth-order valence-electron chi connectivity index (χ4n) is 3.49. The quantitative estimate of drug-likeness (QED) is 0.607. The van der Waals surface area contributed by atoms with E-state index in [0.29, 0.717) is 40.9 Å². The lowest BCUT2D eigenvalue weighted by atomic mass is 10.0. The second-order valence-corrected chi connectivity index (χ2v) is 8.00. The van der Waals surface area contributed by atoms with E-state index in [-0.39, 0.29) is 5.91 Å². The number of aromatic nitrogens is 2. The molecule has 2 aromatic carbocycles. The Balaban J connectivity index is 1.69. The Labute approximate surface area is 179 Å². The van der Waals surface area contributed by atoms with Gasteiger partial charge in [-0.25, -0.2) is 9.97 Å². The van der Waals surface area contributed by atoms with Crippen LogP contribution in [0.4, 0.5) is 5.82 Å². The maximum absolute atomic E-state index is 13.1. The highest BCUT2D eigenvalue weighted by atomic mass is 35.5. The molecular formula is C22H20Cl2N4O. The van der Waals surface area contributed by atoms with Crippen LogP contribution in [0.15, 0.2) is 48.5 Å². The van der Waals surface area contributed by atoms with Crippen LogP contribution < -0.4 is 4.90 Å². The summed E-state index contributed by atoms with van der Waals surface area (Å²) < 4.78 is 0. The van der Waals surface area contributed by atoms with Crippen LogP contribution in [-0.2, 0) is 13.0 Å². The zero-order valence-corrected chi connectivity index (χ0v) is 17.7. The lowest BCUT2D eigenvalue weighted by Gasteiger charge is -2.31. The standard InChI is InChI=1S/C22H20Cl2N4O/c1-27(2)21-17-13-28(22(29)16-9-8-15(23)12-18(16)24)11-10-19(17)25-20(26-21)14-6-4-3-5-7-14/h3-9,12H,10-11,13H2,1-2H3. The minimum Gasteiger partial charge on any atom is -0.362 e. The molecule has 0 atom stereocenters. The zero-order chi connectivity index (χ0) is 20.5. The van der Waals surface area contributed by atoms with Crippen LogP contribution in [0.2, 0.25) is 10.0 Å². The molecule has 0 saturated heterocycles. The van der Waals surface area contributed by atoms with Gasteiger partial charge in [-0.05, 0) is 18.2 Å². The fourth-order valence-corrected chi connectivity index (χ4v) is 3.98. The number of carbonyl (C=O) groups is 1. The van der Waals surface area contributed by atoms with Gasteiger partial charge < -0.3 is 9.80 Å². The molecule has 1 aliphatic heterocycles.